The van der Waals surface area contributed by atoms with Gasteiger partial charge in [0.1, 0.15) is 17.5 Å². The molecule has 0 saturated carbocycles. The highest BCUT2D eigenvalue weighted by Gasteiger charge is 2.20. The summed E-state index contributed by atoms with van der Waals surface area (Å²) in [7, 11) is 0. The fraction of sp³-hybridized carbons (Fsp3) is 0.444. The van der Waals surface area contributed by atoms with Crippen LogP contribution in [0.15, 0.2) is 30.3 Å². The Morgan fingerprint density at radius 2 is 1.91 bits per heavy atom. The van der Waals surface area contributed by atoms with Gasteiger partial charge in [-0.25, -0.2) is 9.97 Å². The highest BCUT2D eigenvalue weighted by atomic mass is 15.2. The molecule has 1 aliphatic rings. The molecule has 2 heterocycles. The number of hydrogen-bond donors (Lipinski definition) is 1. The molecule has 4 nitrogen and oxygen atoms in total. The zero-order valence-corrected chi connectivity index (χ0v) is 13.8. The third-order valence-electron chi connectivity index (χ3n) is 3.71. The van der Waals surface area contributed by atoms with Gasteiger partial charge in [0.15, 0.2) is 0 Å². The van der Waals surface area contributed by atoms with Crippen molar-refractivity contribution < 1.29 is 0 Å². The van der Waals surface area contributed by atoms with Crippen LogP contribution < -0.4 is 10.2 Å². The number of rotatable bonds is 2. The number of aryl methyl sites for hydroxylation is 2. The molecule has 0 fully saturated rings. The van der Waals surface area contributed by atoms with Crippen LogP contribution in [0.3, 0.4) is 0 Å². The maximum absolute atomic E-state index is 4.66. The second kappa shape index (κ2) is 5.59. The third kappa shape index (κ3) is 3.21. The molecule has 0 amide bonds. The van der Waals surface area contributed by atoms with E-state index >= 15 is 0 Å². The van der Waals surface area contributed by atoms with E-state index in [1.165, 1.54) is 11.3 Å². The number of hydrogen-bond acceptors (Lipinski definition) is 4. The number of aromatic nitrogens is 2. The van der Waals surface area contributed by atoms with Gasteiger partial charge < -0.3 is 10.2 Å². The van der Waals surface area contributed by atoms with Crippen LogP contribution in [0.2, 0.25) is 0 Å². The van der Waals surface area contributed by atoms with E-state index < -0.39 is 0 Å². The van der Waals surface area contributed by atoms with Crippen LogP contribution in [0.1, 0.15) is 38.6 Å². The summed E-state index contributed by atoms with van der Waals surface area (Å²) in [5.74, 6) is 2.66. The Balaban J connectivity index is 1.99. The second-order valence-corrected chi connectivity index (χ2v) is 6.92. The van der Waals surface area contributed by atoms with Crippen molar-refractivity contribution in [2.45, 2.75) is 46.1 Å². The van der Waals surface area contributed by atoms with E-state index in [0.717, 1.165) is 36.8 Å². The van der Waals surface area contributed by atoms with Crippen molar-refractivity contribution in [3.8, 4) is 0 Å². The Labute approximate surface area is 132 Å². The van der Waals surface area contributed by atoms with Gasteiger partial charge in [-0.1, -0.05) is 18.2 Å². The van der Waals surface area contributed by atoms with Gasteiger partial charge in [-0.3, -0.25) is 0 Å². The zero-order valence-electron chi connectivity index (χ0n) is 13.8. The lowest BCUT2D eigenvalue weighted by Gasteiger charge is -2.31. The fourth-order valence-electron chi connectivity index (χ4n) is 2.91. The maximum atomic E-state index is 4.66. The zero-order chi connectivity index (χ0) is 15.7. The van der Waals surface area contributed by atoms with Gasteiger partial charge in [0.05, 0.1) is 0 Å². The van der Waals surface area contributed by atoms with Crippen LogP contribution in [0, 0.1) is 6.92 Å². The van der Waals surface area contributed by atoms with Crippen molar-refractivity contribution in [1.29, 1.82) is 0 Å². The first-order chi connectivity index (χ1) is 10.4. The predicted molar refractivity (Wildman–Crippen MR) is 91.9 cm³/mol. The van der Waals surface area contributed by atoms with Crippen LogP contribution in [0.5, 0.6) is 0 Å². The first kappa shape index (κ1) is 14.8. The Hall–Kier alpha value is -2.10. The van der Waals surface area contributed by atoms with Gasteiger partial charge in [-0.15, -0.1) is 0 Å². The third-order valence-corrected chi connectivity index (χ3v) is 3.71. The fourth-order valence-corrected chi connectivity index (χ4v) is 2.91. The van der Waals surface area contributed by atoms with Crippen molar-refractivity contribution >= 4 is 17.3 Å². The van der Waals surface area contributed by atoms with E-state index in [2.05, 4.69) is 71.3 Å². The van der Waals surface area contributed by atoms with Crippen molar-refractivity contribution in [3.63, 3.8) is 0 Å². The summed E-state index contributed by atoms with van der Waals surface area (Å²) in [5, 5.41) is 3.45. The van der Waals surface area contributed by atoms with Crippen LogP contribution in [0.25, 0.3) is 0 Å². The Bertz CT molecular complexity index is 673. The molecule has 1 N–H and O–H groups in total. The van der Waals surface area contributed by atoms with Crippen LogP contribution in [-0.4, -0.2) is 22.1 Å². The largest absolute Gasteiger partial charge is 0.365 e. The minimum Gasteiger partial charge on any atom is -0.365 e. The predicted octanol–water partition coefficient (Wildman–Crippen LogP) is 4.08. The highest BCUT2D eigenvalue weighted by Crippen LogP contribution is 2.33. The highest BCUT2D eigenvalue weighted by molar-refractivity contribution is 5.67. The lowest BCUT2D eigenvalue weighted by Crippen LogP contribution is -2.28. The number of benzene rings is 1. The first-order valence-corrected chi connectivity index (χ1v) is 7.92. The second-order valence-electron chi connectivity index (χ2n) is 6.92. The summed E-state index contributed by atoms with van der Waals surface area (Å²) < 4.78 is 0. The molecule has 0 spiro atoms. The molecule has 22 heavy (non-hydrogen) atoms. The lowest BCUT2D eigenvalue weighted by atomic mass is 10.0. The van der Waals surface area contributed by atoms with Gasteiger partial charge in [0.2, 0.25) is 0 Å². The monoisotopic (exact) mass is 296 g/mol. The lowest BCUT2D eigenvalue weighted by molar-refractivity contribution is 0.629. The summed E-state index contributed by atoms with van der Waals surface area (Å²) in [6, 6.07) is 10.7. The summed E-state index contributed by atoms with van der Waals surface area (Å²) >= 11 is 0. The molecule has 0 saturated heterocycles. The van der Waals surface area contributed by atoms with Gasteiger partial charge in [0, 0.05) is 23.8 Å². The molecule has 0 bridgehead atoms. The molecule has 0 radical (unpaired) electrons. The molecule has 1 aromatic carbocycles. The van der Waals surface area contributed by atoms with Gasteiger partial charge >= 0.3 is 0 Å². The van der Waals surface area contributed by atoms with E-state index in [1.54, 1.807) is 0 Å². The molecular formula is C18H24N4. The van der Waals surface area contributed by atoms with E-state index in [4.69, 9.17) is 0 Å². The van der Waals surface area contributed by atoms with Crippen molar-refractivity contribution in [1.82, 2.24) is 9.97 Å². The smallest absolute Gasteiger partial charge is 0.138 e. The van der Waals surface area contributed by atoms with Crippen molar-refractivity contribution in [2.24, 2.45) is 0 Å². The Kier molecular flexibility index (Phi) is 3.77. The SMILES string of the molecule is Cc1nc(NC(C)(C)C)cc(N2CCCc3ccccc32)n1. The molecule has 3 rings (SSSR count). The quantitative estimate of drug-likeness (QED) is 0.906. The number of fused-ring (bicyclic) bond motifs is 1. The standard InChI is InChI=1S/C18H24N4/c1-13-19-16(21-18(2,3)4)12-17(20-13)22-11-7-9-14-8-5-6-10-15(14)22/h5-6,8,10,12H,7,9,11H2,1-4H3,(H,19,20,21). The summed E-state index contributed by atoms with van der Waals surface area (Å²) in [4.78, 5) is 11.5. The average molecular weight is 296 g/mol. The molecule has 0 atom stereocenters. The van der Waals surface area contributed by atoms with E-state index in [0.29, 0.717) is 0 Å². The van der Waals surface area contributed by atoms with Gasteiger partial charge in [-0.05, 0) is 52.2 Å². The normalized spacial score (nSPS) is 14.6. The van der Waals surface area contributed by atoms with Gasteiger partial charge in [0.25, 0.3) is 0 Å². The molecule has 116 valence electrons. The molecule has 0 aliphatic carbocycles. The van der Waals surface area contributed by atoms with E-state index in [9.17, 15) is 0 Å². The molecule has 2 aromatic rings. The molecule has 1 aliphatic heterocycles. The molecule has 0 unspecified atom stereocenters. The first-order valence-electron chi connectivity index (χ1n) is 7.92. The van der Waals surface area contributed by atoms with E-state index in [-0.39, 0.29) is 5.54 Å². The molecular weight excluding hydrogens is 272 g/mol. The topological polar surface area (TPSA) is 41.1 Å². The maximum Gasteiger partial charge on any atom is 0.138 e. The average Bonchev–Trinajstić information content (AvgIpc) is 2.44. The van der Waals surface area contributed by atoms with Crippen LogP contribution in [-0.2, 0) is 6.42 Å². The summed E-state index contributed by atoms with van der Waals surface area (Å²) in [6.45, 7) is 9.37. The summed E-state index contributed by atoms with van der Waals surface area (Å²) in [6.07, 6.45) is 2.30. The number of para-hydroxylation sites is 1. The van der Waals surface area contributed by atoms with E-state index in [1.807, 2.05) is 6.92 Å². The van der Waals surface area contributed by atoms with Crippen LogP contribution in [0.4, 0.5) is 17.3 Å². The number of nitrogens with zero attached hydrogens (tertiary/aromatic N) is 3. The minimum atomic E-state index is -0.0160. The minimum absolute atomic E-state index is 0.0160. The molecule has 4 heteroatoms. The number of nitrogens with one attached hydrogen (secondary N) is 1. The van der Waals surface area contributed by atoms with Crippen molar-refractivity contribution in [3.05, 3.63) is 41.7 Å². The van der Waals surface area contributed by atoms with Crippen molar-refractivity contribution in [2.75, 3.05) is 16.8 Å². The Morgan fingerprint density at radius 3 is 2.68 bits per heavy atom. The summed E-state index contributed by atoms with van der Waals surface area (Å²) in [5.41, 5.74) is 2.65. The van der Waals surface area contributed by atoms with Crippen LogP contribution >= 0.6 is 0 Å². The molecule has 1 aromatic heterocycles. The Morgan fingerprint density at radius 1 is 1.14 bits per heavy atom. The van der Waals surface area contributed by atoms with Gasteiger partial charge in [-0.2, -0.15) is 0 Å². The number of anilines is 3.